The van der Waals surface area contributed by atoms with Gasteiger partial charge < -0.3 is 14.6 Å². The Balaban J connectivity index is 2.60. The Morgan fingerprint density at radius 1 is 1.27 bits per heavy atom. The number of ether oxygens (including phenoxy) is 2. The highest BCUT2D eigenvalue weighted by molar-refractivity contribution is 5.31. The standard InChI is InChI=1S/C12H16O3/c1-4-12(13)9(2)15-11-7-5-10(14-3)6-8-11/h4-9,12-13H,1H2,2-3H3/t9-,12-/m1/s1. The first-order valence-corrected chi connectivity index (χ1v) is 4.78. The van der Waals surface area contributed by atoms with E-state index >= 15 is 0 Å². The van der Waals surface area contributed by atoms with Gasteiger partial charge >= 0.3 is 0 Å². The van der Waals surface area contributed by atoms with Gasteiger partial charge in [-0.1, -0.05) is 6.08 Å². The van der Waals surface area contributed by atoms with Crippen LogP contribution in [0.3, 0.4) is 0 Å². The van der Waals surface area contributed by atoms with Crippen molar-refractivity contribution in [2.45, 2.75) is 19.1 Å². The minimum atomic E-state index is -0.660. The van der Waals surface area contributed by atoms with Crippen LogP contribution >= 0.6 is 0 Å². The molecular weight excluding hydrogens is 192 g/mol. The first-order chi connectivity index (χ1) is 7.17. The Labute approximate surface area is 90.0 Å². The van der Waals surface area contributed by atoms with E-state index in [2.05, 4.69) is 6.58 Å². The molecule has 0 saturated carbocycles. The van der Waals surface area contributed by atoms with Gasteiger partial charge in [-0.2, -0.15) is 0 Å². The van der Waals surface area contributed by atoms with Crippen molar-refractivity contribution in [2.24, 2.45) is 0 Å². The number of benzene rings is 1. The lowest BCUT2D eigenvalue weighted by Crippen LogP contribution is -2.26. The monoisotopic (exact) mass is 208 g/mol. The lowest BCUT2D eigenvalue weighted by atomic mass is 10.2. The molecule has 0 heterocycles. The van der Waals surface area contributed by atoms with Crippen molar-refractivity contribution in [2.75, 3.05) is 7.11 Å². The van der Waals surface area contributed by atoms with Gasteiger partial charge in [0.25, 0.3) is 0 Å². The predicted octanol–water partition coefficient (Wildman–Crippen LogP) is 2.01. The fourth-order valence-electron chi connectivity index (χ4n) is 1.13. The number of aliphatic hydroxyl groups is 1. The zero-order valence-electron chi connectivity index (χ0n) is 9.01. The second-order valence-electron chi connectivity index (χ2n) is 3.22. The van der Waals surface area contributed by atoms with Crippen LogP contribution in [0.1, 0.15) is 6.92 Å². The van der Waals surface area contributed by atoms with Gasteiger partial charge in [0.1, 0.15) is 23.7 Å². The highest BCUT2D eigenvalue weighted by Gasteiger charge is 2.11. The minimum Gasteiger partial charge on any atom is -0.497 e. The summed E-state index contributed by atoms with van der Waals surface area (Å²) in [6.07, 6.45) is 0.483. The predicted molar refractivity (Wildman–Crippen MR) is 59.3 cm³/mol. The molecule has 0 amide bonds. The van der Waals surface area contributed by atoms with E-state index < -0.39 is 6.10 Å². The average Bonchev–Trinajstić information content (AvgIpc) is 2.29. The van der Waals surface area contributed by atoms with Crippen LogP contribution in [-0.2, 0) is 0 Å². The Morgan fingerprint density at radius 2 is 1.80 bits per heavy atom. The zero-order valence-corrected chi connectivity index (χ0v) is 9.01. The molecule has 1 N–H and O–H groups in total. The van der Waals surface area contributed by atoms with E-state index in [9.17, 15) is 5.11 Å². The normalized spacial score (nSPS) is 14.1. The minimum absolute atomic E-state index is 0.309. The van der Waals surface area contributed by atoms with Crippen LogP contribution in [0.2, 0.25) is 0 Å². The Kier molecular flexibility index (Phi) is 4.18. The van der Waals surface area contributed by atoms with Gasteiger partial charge in [0.05, 0.1) is 7.11 Å². The van der Waals surface area contributed by atoms with Gasteiger partial charge in [-0.3, -0.25) is 0 Å². The molecule has 0 spiro atoms. The van der Waals surface area contributed by atoms with Crippen LogP contribution in [0.4, 0.5) is 0 Å². The summed E-state index contributed by atoms with van der Waals surface area (Å²) in [5, 5.41) is 9.42. The average molecular weight is 208 g/mol. The summed E-state index contributed by atoms with van der Waals surface area (Å²) in [6, 6.07) is 7.21. The molecule has 3 heteroatoms. The molecule has 2 atom stereocenters. The van der Waals surface area contributed by atoms with Gasteiger partial charge in [0.15, 0.2) is 0 Å². The van der Waals surface area contributed by atoms with Crippen LogP contribution in [0.15, 0.2) is 36.9 Å². The molecule has 1 aromatic carbocycles. The molecule has 0 aliphatic rings. The van der Waals surface area contributed by atoms with E-state index in [0.717, 1.165) is 5.75 Å². The van der Waals surface area contributed by atoms with Crippen LogP contribution in [-0.4, -0.2) is 24.4 Å². The van der Waals surface area contributed by atoms with E-state index in [4.69, 9.17) is 9.47 Å². The maximum Gasteiger partial charge on any atom is 0.125 e. The van der Waals surface area contributed by atoms with Gasteiger partial charge in [-0.15, -0.1) is 6.58 Å². The van der Waals surface area contributed by atoms with Gasteiger partial charge in [0, 0.05) is 0 Å². The summed E-state index contributed by atoms with van der Waals surface area (Å²) in [5.74, 6) is 1.48. The van der Waals surface area contributed by atoms with Crippen LogP contribution in [0.5, 0.6) is 11.5 Å². The fourth-order valence-corrected chi connectivity index (χ4v) is 1.13. The number of hydrogen-bond donors (Lipinski definition) is 1. The van der Waals surface area contributed by atoms with Crippen molar-refractivity contribution in [1.29, 1.82) is 0 Å². The van der Waals surface area contributed by atoms with Crippen molar-refractivity contribution >= 4 is 0 Å². The first kappa shape index (κ1) is 11.6. The molecule has 3 nitrogen and oxygen atoms in total. The third kappa shape index (κ3) is 3.29. The zero-order chi connectivity index (χ0) is 11.3. The van der Waals surface area contributed by atoms with Crippen molar-refractivity contribution < 1.29 is 14.6 Å². The maximum absolute atomic E-state index is 9.42. The molecule has 0 aliphatic heterocycles. The largest absolute Gasteiger partial charge is 0.497 e. The van der Waals surface area contributed by atoms with Crippen molar-refractivity contribution in [3.63, 3.8) is 0 Å². The van der Waals surface area contributed by atoms with Crippen molar-refractivity contribution in [3.8, 4) is 11.5 Å². The topological polar surface area (TPSA) is 38.7 Å². The molecule has 0 saturated heterocycles. The van der Waals surface area contributed by atoms with E-state index in [1.165, 1.54) is 6.08 Å². The quantitative estimate of drug-likeness (QED) is 0.752. The number of methoxy groups -OCH3 is 1. The van der Waals surface area contributed by atoms with Gasteiger partial charge in [-0.25, -0.2) is 0 Å². The third-order valence-corrected chi connectivity index (χ3v) is 2.10. The van der Waals surface area contributed by atoms with E-state index in [-0.39, 0.29) is 6.10 Å². The molecule has 82 valence electrons. The molecule has 0 aliphatic carbocycles. The lowest BCUT2D eigenvalue weighted by molar-refractivity contribution is 0.0796. The smallest absolute Gasteiger partial charge is 0.125 e. The van der Waals surface area contributed by atoms with Gasteiger partial charge in [-0.05, 0) is 31.2 Å². The Hall–Kier alpha value is -1.48. The highest BCUT2D eigenvalue weighted by Crippen LogP contribution is 2.18. The summed E-state index contributed by atoms with van der Waals surface area (Å²) < 4.78 is 10.5. The first-order valence-electron chi connectivity index (χ1n) is 4.78. The summed E-state index contributed by atoms with van der Waals surface area (Å²) in [6.45, 7) is 5.29. The van der Waals surface area contributed by atoms with Crippen molar-refractivity contribution in [3.05, 3.63) is 36.9 Å². The molecule has 0 aromatic heterocycles. The highest BCUT2D eigenvalue weighted by atomic mass is 16.5. The lowest BCUT2D eigenvalue weighted by Gasteiger charge is -2.17. The SMILES string of the molecule is C=C[C@@H](O)[C@@H](C)Oc1ccc(OC)cc1. The molecular formula is C12H16O3. The Morgan fingerprint density at radius 3 is 2.27 bits per heavy atom. The fraction of sp³-hybridized carbons (Fsp3) is 0.333. The summed E-state index contributed by atoms with van der Waals surface area (Å²) >= 11 is 0. The Bertz CT molecular complexity index is 305. The van der Waals surface area contributed by atoms with E-state index in [0.29, 0.717) is 5.75 Å². The molecule has 0 unspecified atom stereocenters. The number of aliphatic hydroxyl groups excluding tert-OH is 1. The second-order valence-corrected chi connectivity index (χ2v) is 3.22. The van der Waals surface area contributed by atoms with Crippen LogP contribution in [0, 0.1) is 0 Å². The van der Waals surface area contributed by atoms with Gasteiger partial charge in [0.2, 0.25) is 0 Å². The van der Waals surface area contributed by atoms with Crippen LogP contribution < -0.4 is 9.47 Å². The molecule has 1 aromatic rings. The summed E-state index contributed by atoms with van der Waals surface area (Å²) in [4.78, 5) is 0. The summed E-state index contributed by atoms with van der Waals surface area (Å²) in [7, 11) is 1.61. The molecule has 15 heavy (non-hydrogen) atoms. The maximum atomic E-state index is 9.42. The molecule has 0 fully saturated rings. The number of hydrogen-bond acceptors (Lipinski definition) is 3. The molecule has 0 bridgehead atoms. The third-order valence-electron chi connectivity index (χ3n) is 2.10. The second kappa shape index (κ2) is 5.41. The van der Waals surface area contributed by atoms with E-state index in [1.54, 1.807) is 26.2 Å². The van der Waals surface area contributed by atoms with E-state index in [1.807, 2.05) is 12.1 Å². The summed E-state index contributed by atoms with van der Waals surface area (Å²) in [5.41, 5.74) is 0. The van der Waals surface area contributed by atoms with Crippen LogP contribution in [0.25, 0.3) is 0 Å². The number of rotatable bonds is 5. The van der Waals surface area contributed by atoms with Crippen molar-refractivity contribution in [1.82, 2.24) is 0 Å². The molecule has 0 radical (unpaired) electrons. The molecule has 1 rings (SSSR count).